The third kappa shape index (κ3) is 2.83. The van der Waals surface area contributed by atoms with Crippen molar-refractivity contribution in [3.05, 3.63) is 17.5 Å². The van der Waals surface area contributed by atoms with Crippen LogP contribution in [0.5, 0.6) is 0 Å². The van der Waals surface area contributed by atoms with E-state index in [1.54, 1.807) is 0 Å². The molecule has 2 heterocycles. The van der Waals surface area contributed by atoms with Gasteiger partial charge in [0.25, 0.3) is 0 Å². The highest BCUT2D eigenvalue weighted by Crippen LogP contribution is 2.28. The summed E-state index contributed by atoms with van der Waals surface area (Å²) < 4.78 is 1.88. The van der Waals surface area contributed by atoms with Gasteiger partial charge in [-0.05, 0) is 27.8 Å². The van der Waals surface area contributed by atoms with Gasteiger partial charge in [-0.2, -0.15) is 5.10 Å². The molecule has 1 aliphatic rings. The summed E-state index contributed by atoms with van der Waals surface area (Å²) in [5, 5.41) is 4.45. The summed E-state index contributed by atoms with van der Waals surface area (Å²) in [4.78, 5) is 4.93. The quantitative estimate of drug-likeness (QED) is 0.876. The minimum absolute atomic E-state index is 0.196. The molecule has 5 nitrogen and oxygen atoms in total. The molecule has 0 amide bonds. The summed E-state index contributed by atoms with van der Waals surface area (Å²) in [5.74, 6) is 0. The summed E-state index contributed by atoms with van der Waals surface area (Å²) in [6.07, 6.45) is 2.11. The maximum atomic E-state index is 6.04. The Morgan fingerprint density at radius 2 is 2.05 bits per heavy atom. The van der Waals surface area contributed by atoms with Crippen molar-refractivity contribution >= 4 is 0 Å². The maximum Gasteiger partial charge on any atom is 0.0641 e. The van der Waals surface area contributed by atoms with Crippen LogP contribution in [0.1, 0.15) is 31.1 Å². The third-order valence-electron chi connectivity index (χ3n) is 4.42. The van der Waals surface area contributed by atoms with Crippen molar-refractivity contribution in [3.63, 3.8) is 0 Å². The number of aryl methyl sites for hydroxylation is 2. The van der Waals surface area contributed by atoms with Crippen molar-refractivity contribution in [3.8, 4) is 0 Å². The summed E-state index contributed by atoms with van der Waals surface area (Å²) in [6, 6.07) is 0.279. The molecule has 0 aromatic carbocycles. The SMILES string of the molecule is Cc1nn(C)cc1C(CN)N1CCN(C)C(C)(C)C1. The minimum Gasteiger partial charge on any atom is -0.329 e. The Hall–Kier alpha value is -0.910. The highest BCUT2D eigenvalue weighted by molar-refractivity contribution is 5.21. The summed E-state index contributed by atoms with van der Waals surface area (Å²) >= 11 is 0. The Balaban J connectivity index is 2.21. The first-order valence-corrected chi connectivity index (χ1v) is 7.00. The Bertz CT molecular complexity index is 437. The van der Waals surface area contributed by atoms with E-state index in [1.165, 1.54) is 5.56 Å². The molecule has 0 aliphatic carbocycles. The summed E-state index contributed by atoms with van der Waals surface area (Å²) in [5.41, 5.74) is 8.60. The largest absolute Gasteiger partial charge is 0.329 e. The van der Waals surface area contributed by atoms with E-state index < -0.39 is 0 Å². The fourth-order valence-corrected chi connectivity index (χ4v) is 2.96. The molecule has 0 radical (unpaired) electrons. The zero-order valence-electron chi connectivity index (χ0n) is 12.8. The molecule has 1 aromatic rings. The number of hydrogen-bond donors (Lipinski definition) is 1. The van der Waals surface area contributed by atoms with Crippen LogP contribution in [0.3, 0.4) is 0 Å². The van der Waals surface area contributed by atoms with Gasteiger partial charge in [-0.15, -0.1) is 0 Å². The second-order valence-corrected chi connectivity index (χ2v) is 6.30. The predicted octanol–water partition coefficient (Wildman–Crippen LogP) is 0.754. The van der Waals surface area contributed by atoms with Gasteiger partial charge in [0.1, 0.15) is 0 Å². The standard InChI is InChI=1S/C14H27N5/c1-11-12(9-18(5)16-11)13(8-15)19-7-6-17(4)14(2,3)10-19/h9,13H,6-8,10,15H2,1-5H3. The minimum atomic E-state index is 0.196. The second kappa shape index (κ2) is 5.23. The van der Waals surface area contributed by atoms with Gasteiger partial charge in [0.15, 0.2) is 0 Å². The maximum absolute atomic E-state index is 6.04. The first-order chi connectivity index (χ1) is 8.85. The van der Waals surface area contributed by atoms with Crippen LogP contribution in [-0.2, 0) is 7.05 Å². The Morgan fingerprint density at radius 1 is 1.37 bits per heavy atom. The molecule has 1 aromatic heterocycles. The van der Waals surface area contributed by atoms with Gasteiger partial charge in [0, 0.05) is 50.5 Å². The zero-order chi connectivity index (χ0) is 14.2. The number of aromatic nitrogens is 2. The predicted molar refractivity (Wildman–Crippen MR) is 78.0 cm³/mol. The van der Waals surface area contributed by atoms with Gasteiger partial charge in [0.2, 0.25) is 0 Å². The average molecular weight is 265 g/mol. The van der Waals surface area contributed by atoms with Crippen molar-refractivity contribution < 1.29 is 0 Å². The number of hydrogen-bond acceptors (Lipinski definition) is 4. The summed E-state index contributed by atoms with van der Waals surface area (Å²) in [6.45, 7) is 10.5. The fourth-order valence-electron chi connectivity index (χ4n) is 2.96. The fraction of sp³-hybridized carbons (Fsp3) is 0.786. The van der Waals surface area contributed by atoms with Crippen LogP contribution in [0.15, 0.2) is 6.20 Å². The number of piperazine rings is 1. The van der Waals surface area contributed by atoms with Gasteiger partial charge in [-0.3, -0.25) is 14.5 Å². The monoisotopic (exact) mass is 265 g/mol. The van der Waals surface area contributed by atoms with E-state index in [4.69, 9.17) is 5.73 Å². The molecule has 1 fully saturated rings. The van der Waals surface area contributed by atoms with E-state index >= 15 is 0 Å². The molecule has 2 N–H and O–H groups in total. The molecule has 108 valence electrons. The van der Waals surface area contributed by atoms with Gasteiger partial charge in [-0.1, -0.05) is 0 Å². The molecule has 2 rings (SSSR count). The van der Waals surface area contributed by atoms with Crippen molar-refractivity contribution in [2.45, 2.75) is 32.4 Å². The van der Waals surface area contributed by atoms with Crippen molar-refractivity contribution in [1.82, 2.24) is 19.6 Å². The molecular formula is C14H27N5. The highest BCUT2D eigenvalue weighted by Gasteiger charge is 2.35. The van der Waals surface area contributed by atoms with Gasteiger partial charge in [-0.25, -0.2) is 0 Å². The number of nitrogens with zero attached hydrogens (tertiary/aromatic N) is 4. The molecule has 1 saturated heterocycles. The number of nitrogens with two attached hydrogens (primary N) is 1. The van der Waals surface area contributed by atoms with Crippen molar-refractivity contribution in [2.75, 3.05) is 33.2 Å². The van der Waals surface area contributed by atoms with E-state index in [9.17, 15) is 0 Å². The van der Waals surface area contributed by atoms with E-state index in [-0.39, 0.29) is 11.6 Å². The van der Waals surface area contributed by atoms with E-state index in [0.717, 1.165) is 25.3 Å². The molecule has 1 aliphatic heterocycles. The van der Waals surface area contributed by atoms with Crippen molar-refractivity contribution in [2.24, 2.45) is 12.8 Å². The lowest BCUT2D eigenvalue weighted by atomic mass is 9.96. The van der Waals surface area contributed by atoms with Gasteiger partial charge in [0.05, 0.1) is 11.7 Å². The topological polar surface area (TPSA) is 50.3 Å². The first-order valence-electron chi connectivity index (χ1n) is 7.00. The molecule has 5 heteroatoms. The summed E-state index contributed by atoms with van der Waals surface area (Å²) in [7, 11) is 4.17. The lowest BCUT2D eigenvalue weighted by molar-refractivity contribution is 0.0179. The van der Waals surface area contributed by atoms with Crippen LogP contribution in [0, 0.1) is 6.92 Å². The van der Waals surface area contributed by atoms with E-state index in [1.807, 2.05) is 11.7 Å². The van der Waals surface area contributed by atoms with Crippen LogP contribution >= 0.6 is 0 Å². The van der Waals surface area contributed by atoms with Crippen LogP contribution in [0.2, 0.25) is 0 Å². The van der Waals surface area contributed by atoms with Crippen LogP contribution in [-0.4, -0.2) is 58.3 Å². The first kappa shape index (κ1) is 14.5. The highest BCUT2D eigenvalue weighted by atomic mass is 15.3. The lowest BCUT2D eigenvalue weighted by Gasteiger charge is -2.47. The molecule has 0 saturated carbocycles. The van der Waals surface area contributed by atoms with E-state index in [2.05, 4.69) is 48.9 Å². The van der Waals surface area contributed by atoms with E-state index in [0.29, 0.717) is 6.54 Å². The normalized spacial score (nSPS) is 22.6. The number of rotatable bonds is 3. The molecule has 19 heavy (non-hydrogen) atoms. The molecule has 1 atom stereocenters. The van der Waals surface area contributed by atoms with Gasteiger partial charge >= 0.3 is 0 Å². The van der Waals surface area contributed by atoms with Crippen LogP contribution in [0.25, 0.3) is 0 Å². The molecule has 0 bridgehead atoms. The Morgan fingerprint density at radius 3 is 2.53 bits per heavy atom. The lowest BCUT2D eigenvalue weighted by Crippen LogP contribution is -2.58. The zero-order valence-corrected chi connectivity index (χ0v) is 12.8. The average Bonchev–Trinajstić information content (AvgIpc) is 2.64. The third-order valence-corrected chi connectivity index (χ3v) is 4.42. The smallest absolute Gasteiger partial charge is 0.0641 e. The molecule has 0 spiro atoms. The van der Waals surface area contributed by atoms with Crippen LogP contribution < -0.4 is 5.73 Å². The Kier molecular flexibility index (Phi) is 3.99. The molecule has 1 unspecified atom stereocenters. The van der Waals surface area contributed by atoms with Gasteiger partial charge < -0.3 is 5.73 Å². The Labute approximate surface area is 116 Å². The van der Waals surface area contributed by atoms with Crippen LogP contribution in [0.4, 0.5) is 0 Å². The second-order valence-electron chi connectivity index (χ2n) is 6.30. The molecular weight excluding hydrogens is 238 g/mol. The number of likely N-dealkylation sites (N-methyl/N-ethyl adjacent to an activating group) is 1. The van der Waals surface area contributed by atoms with Crippen molar-refractivity contribution in [1.29, 1.82) is 0 Å².